The van der Waals surface area contributed by atoms with Gasteiger partial charge in [-0.15, -0.1) is 0 Å². The maximum atomic E-state index is 13.6. The first-order chi connectivity index (χ1) is 9.47. The minimum Gasteiger partial charge on any atom is -0.330 e. The lowest BCUT2D eigenvalue weighted by atomic mass is 10.2. The lowest BCUT2D eigenvalue weighted by Gasteiger charge is -2.07. The lowest BCUT2D eigenvalue weighted by Crippen LogP contribution is -1.95. The van der Waals surface area contributed by atoms with Crippen LogP contribution in [-0.4, -0.2) is 9.55 Å². The average molecular weight is 416 g/mol. The van der Waals surface area contributed by atoms with Crippen molar-refractivity contribution in [2.24, 2.45) is 0 Å². The van der Waals surface area contributed by atoms with Crippen molar-refractivity contribution in [3.8, 4) is 5.69 Å². The van der Waals surface area contributed by atoms with E-state index in [0.29, 0.717) is 14.8 Å². The summed E-state index contributed by atoms with van der Waals surface area (Å²) in [4.78, 5) is 3.03. The van der Waals surface area contributed by atoms with E-state index in [1.165, 1.54) is 6.07 Å². The fraction of sp³-hybridized carbons (Fsp3) is 0.0714. The van der Waals surface area contributed by atoms with Gasteiger partial charge in [0.2, 0.25) is 0 Å². The highest BCUT2D eigenvalue weighted by Crippen LogP contribution is 2.27. The molecular formula is C14H9Br2FN2S. The number of benzene rings is 2. The van der Waals surface area contributed by atoms with Gasteiger partial charge in [0.05, 0.1) is 15.5 Å². The van der Waals surface area contributed by atoms with Gasteiger partial charge in [0.15, 0.2) is 4.77 Å². The first kappa shape index (κ1) is 14.0. The molecule has 2 nitrogen and oxygen atoms in total. The molecule has 20 heavy (non-hydrogen) atoms. The smallest absolute Gasteiger partial charge is 0.182 e. The second-order valence-electron chi connectivity index (χ2n) is 4.48. The number of hydrogen-bond donors (Lipinski definition) is 1. The van der Waals surface area contributed by atoms with Crippen molar-refractivity contribution in [3.63, 3.8) is 0 Å². The van der Waals surface area contributed by atoms with E-state index in [2.05, 4.69) is 36.8 Å². The van der Waals surface area contributed by atoms with Crippen LogP contribution in [0.15, 0.2) is 39.3 Å². The highest BCUT2D eigenvalue weighted by molar-refractivity contribution is 9.10. The topological polar surface area (TPSA) is 20.7 Å². The molecule has 102 valence electrons. The number of fused-ring (bicyclic) bond motifs is 1. The van der Waals surface area contributed by atoms with E-state index < -0.39 is 0 Å². The Kier molecular flexibility index (Phi) is 3.56. The fourth-order valence-corrected chi connectivity index (χ4v) is 3.09. The van der Waals surface area contributed by atoms with Gasteiger partial charge in [0.25, 0.3) is 0 Å². The van der Waals surface area contributed by atoms with Crippen LogP contribution >= 0.6 is 44.1 Å². The van der Waals surface area contributed by atoms with Gasteiger partial charge < -0.3 is 4.98 Å². The average Bonchev–Trinajstić information content (AvgIpc) is 2.69. The number of aromatic amines is 1. The Labute approximate surface area is 136 Å². The molecule has 2 aromatic carbocycles. The van der Waals surface area contributed by atoms with E-state index in [-0.39, 0.29) is 5.82 Å². The number of halogens is 3. The zero-order chi connectivity index (χ0) is 14.4. The van der Waals surface area contributed by atoms with E-state index >= 15 is 0 Å². The summed E-state index contributed by atoms with van der Waals surface area (Å²) in [6.07, 6.45) is 0. The normalized spacial score (nSPS) is 11.2. The number of nitrogens with zero attached hydrogens (tertiary/aromatic N) is 1. The molecule has 0 radical (unpaired) electrons. The summed E-state index contributed by atoms with van der Waals surface area (Å²) in [7, 11) is 0. The summed E-state index contributed by atoms with van der Waals surface area (Å²) in [5.74, 6) is -0.314. The Bertz CT molecular complexity index is 883. The number of H-pyrrole nitrogens is 1. The quantitative estimate of drug-likeness (QED) is 0.508. The molecule has 0 fully saturated rings. The van der Waals surface area contributed by atoms with E-state index in [1.54, 1.807) is 6.07 Å². The second-order valence-corrected chi connectivity index (χ2v) is 6.58. The van der Waals surface area contributed by atoms with Crippen LogP contribution in [0, 0.1) is 17.5 Å². The molecule has 0 aliphatic carbocycles. The molecule has 0 bridgehead atoms. The number of nitrogens with one attached hydrogen (secondary N) is 1. The van der Waals surface area contributed by atoms with Crippen LogP contribution in [0.4, 0.5) is 4.39 Å². The van der Waals surface area contributed by atoms with Crippen molar-refractivity contribution in [1.29, 1.82) is 0 Å². The Balaban J connectivity index is 2.35. The predicted octanol–water partition coefficient (Wildman–Crippen LogP) is 5.66. The number of rotatable bonds is 1. The maximum absolute atomic E-state index is 13.6. The fourth-order valence-electron chi connectivity index (χ4n) is 2.08. The summed E-state index contributed by atoms with van der Waals surface area (Å²) < 4.78 is 17.4. The van der Waals surface area contributed by atoms with Crippen LogP contribution in [0.25, 0.3) is 16.7 Å². The Morgan fingerprint density at radius 3 is 2.60 bits per heavy atom. The van der Waals surface area contributed by atoms with Gasteiger partial charge in [-0.05, 0) is 58.8 Å². The van der Waals surface area contributed by atoms with Gasteiger partial charge in [-0.3, -0.25) is 4.57 Å². The van der Waals surface area contributed by atoms with Crippen LogP contribution in [-0.2, 0) is 0 Å². The monoisotopic (exact) mass is 414 g/mol. The van der Waals surface area contributed by atoms with Crippen molar-refractivity contribution >= 4 is 55.1 Å². The molecule has 1 heterocycles. The molecule has 0 unspecified atom stereocenters. The highest BCUT2D eigenvalue weighted by Gasteiger charge is 2.11. The van der Waals surface area contributed by atoms with E-state index in [0.717, 1.165) is 21.2 Å². The Morgan fingerprint density at radius 2 is 1.90 bits per heavy atom. The van der Waals surface area contributed by atoms with Gasteiger partial charge in [-0.2, -0.15) is 0 Å². The third-order valence-corrected chi connectivity index (χ3v) is 4.88. The summed E-state index contributed by atoms with van der Waals surface area (Å²) in [6, 6.07) is 9.16. The lowest BCUT2D eigenvalue weighted by molar-refractivity contribution is 0.623. The number of aryl methyl sites for hydroxylation is 1. The molecule has 3 rings (SSSR count). The van der Waals surface area contributed by atoms with Gasteiger partial charge >= 0.3 is 0 Å². The first-order valence-electron chi connectivity index (χ1n) is 5.83. The van der Waals surface area contributed by atoms with E-state index in [1.807, 2.05) is 29.7 Å². The summed E-state index contributed by atoms with van der Waals surface area (Å²) in [5, 5.41) is 0. The van der Waals surface area contributed by atoms with E-state index in [9.17, 15) is 4.39 Å². The predicted molar refractivity (Wildman–Crippen MR) is 88.6 cm³/mol. The van der Waals surface area contributed by atoms with Crippen molar-refractivity contribution in [1.82, 2.24) is 9.55 Å². The van der Waals surface area contributed by atoms with Gasteiger partial charge in [0.1, 0.15) is 5.82 Å². The third kappa shape index (κ3) is 2.25. The van der Waals surface area contributed by atoms with Gasteiger partial charge in [-0.1, -0.05) is 22.0 Å². The Hall–Kier alpha value is -0.980. The zero-order valence-corrected chi connectivity index (χ0v) is 14.4. The molecule has 0 aliphatic heterocycles. The number of imidazole rings is 1. The van der Waals surface area contributed by atoms with Crippen LogP contribution in [0.3, 0.4) is 0 Å². The minimum atomic E-state index is -0.314. The van der Waals surface area contributed by atoms with Crippen molar-refractivity contribution in [3.05, 3.63) is 55.4 Å². The SMILES string of the molecule is Cc1ccc(-n2c(=S)[nH]c3cc(F)c(Br)cc32)cc1Br. The van der Waals surface area contributed by atoms with E-state index in [4.69, 9.17) is 12.2 Å². The Morgan fingerprint density at radius 1 is 1.15 bits per heavy atom. The summed E-state index contributed by atoms with van der Waals surface area (Å²) in [5.41, 5.74) is 3.58. The standard InChI is InChI=1S/C14H9Br2FN2S/c1-7-2-3-8(4-9(7)15)19-13-5-10(16)11(17)6-12(13)18-14(19)20/h2-6H,1H3,(H,18,20). The van der Waals surface area contributed by atoms with Crippen LogP contribution in [0.5, 0.6) is 0 Å². The van der Waals surface area contributed by atoms with Gasteiger partial charge in [-0.25, -0.2) is 4.39 Å². The van der Waals surface area contributed by atoms with Crippen LogP contribution < -0.4 is 0 Å². The molecule has 0 amide bonds. The number of hydrogen-bond acceptors (Lipinski definition) is 1. The maximum Gasteiger partial charge on any atom is 0.182 e. The molecule has 1 N–H and O–H groups in total. The van der Waals surface area contributed by atoms with Gasteiger partial charge in [0, 0.05) is 16.2 Å². The van der Waals surface area contributed by atoms with Crippen molar-refractivity contribution in [2.75, 3.05) is 0 Å². The largest absolute Gasteiger partial charge is 0.330 e. The molecule has 0 saturated heterocycles. The number of aromatic nitrogens is 2. The van der Waals surface area contributed by atoms with Crippen molar-refractivity contribution < 1.29 is 4.39 Å². The second kappa shape index (κ2) is 5.09. The highest BCUT2D eigenvalue weighted by atomic mass is 79.9. The zero-order valence-electron chi connectivity index (χ0n) is 10.4. The molecule has 0 aliphatic rings. The molecule has 0 atom stereocenters. The summed E-state index contributed by atoms with van der Waals surface area (Å²) >= 11 is 12.1. The first-order valence-corrected chi connectivity index (χ1v) is 7.83. The molecule has 6 heteroatoms. The molecule has 0 spiro atoms. The molecule has 3 aromatic rings. The molecule has 0 saturated carbocycles. The van der Waals surface area contributed by atoms with Crippen LogP contribution in [0.1, 0.15) is 5.56 Å². The summed E-state index contributed by atoms with van der Waals surface area (Å²) in [6.45, 7) is 2.02. The molecular weight excluding hydrogens is 407 g/mol. The van der Waals surface area contributed by atoms with Crippen LogP contribution in [0.2, 0.25) is 0 Å². The minimum absolute atomic E-state index is 0.314. The molecule has 1 aromatic heterocycles. The third-order valence-electron chi connectivity index (χ3n) is 3.14. The van der Waals surface area contributed by atoms with Crippen molar-refractivity contribution in [2.45, 2.75) is 6.92 Å².